The van der Waals surface area contributed by atoms with Gasteiger partial charge in [-0.1, -0.05) is 11.8 Å². The van der Waals surface area contributed by atoms with Gasteiger partial charge < -0.3 is 15.2 Å². The molecule has 5 heteroatoms. The summed E-state index contributed by atoms with van der Waals surface area (Å²) < 4.78 is 4.73. The number of hydrogen-bond donors (Lipinski definition) is 2. The molecular formula is C11H13NO3S. The van der Waals surface area contributed by atoms with Gasteiger partial charge in [0.15, 0.2) is 0 Å². The number of rotatable bonds is 3. The first kappa shape index (κ1) is 12.6. The molecule has 0 bridgehead atoms. The maximum absolute atomic E-state index is 11.0. The van der Waals surface area contributed by atoms with E-state index in [2.05, 4.69) is 17.2 Å². The van der Waals surface area contributed by atoms with Crippen molar-refractivity contribution in [3.63, 3.8) is 0 Å². The number of aliphatic hydroxyl groups is 1. The normalized spacial score (nSPS) is 9.12. The Kier molecular flexibility index (Phi) is 5.40. The van der Waals surface area contributed by atoms with Crippen LogP contribution in [0.25, 0.3) is 0 Å². The van der Waals surface area contributed by atoms with Gasteiger partial charge in [0.1, 0.15) is 6.61 Å². The van der Waals surface area contributed by atoms with Crippen molar-refractivity contribution in [2.75, 3.05) is 13.2 Å². The van der Waals surface area contributed by atoms with Crippen LogP contribution in [0.15, 0.2) is 11.4 Å². The van der Waals surface area contributed by atoms with Crippen molar-refractivity contribution in [3.05, 3.63) is 21.9 Å². The first-order chi connectivity index (χ1) is 7.76. The molecule has 0 aliphatic rings. The summed E-state index contributed by atoms with van der Waals surface area (Å²) in [5.74, 6) is 5.36. The summed E-state index contributed by atoms with van der Waals surface area (Å²) in [7, 11) is 0. The van der Waals surface area contributed by atoms with Gasteiger partial charge in [0, 0.05) is 15.8 Å². The lowest BCUT2D eigenvalue weighted by molar-refractivity contribution is 0.152. The Bertz CT molecular complexity index is 403. The Morgan fingerprint density at radius 2 is 2.50 bits per heavy atom. The Morgan fingerprint density at radius 1 is 1.69 bits per heavy atom. The SMILES string of the molecule is CCOC(=O)NCc1cc(C#CCO)cs1. The Balaban J connectivity index is 2.43. The molecule has 0 saturated heterocycles. The van der Waals surface area contributed by atoms with E-state index < -0.39 is 6.09 Å². The number of thiophene rings is 1. The largest absolute Gasteiger partial charge is 0.450 e. The summed E-state index contributed by atoms with van der Waals surface area (Å²) in [6, 6.07) is 1.87. The molecule has 1 aromatic rings. The molecule has 1 heterocycles. The van der Waals surface area contributed by atoms with Crippen molar-refractivity contribution in [2.24, 2.45) is 0 Å². The lowest BCUT2D eigenvalue weighted by atomic mass is 10.3. The Hall–Kier alpha value is -1.51. The van der Waals surface area contributed by atoms with Crippen LogP contribution in [0.5, 0.6) is 0 Å². The van der Waals surface area contributed by atoms with Crippen molar-refractivity contribution in [1.82, 2.24) is 5.32 Å². The second-order valence-corrected chi connectivity index (χ2v) is 3.83. The number of carbonyl (C=O) groups is 1. The number of hydrogen-bond acceptors (Lipinski definition) is 4. The van der Waals surface area contributed by atoms with Crippen LogP contribution in [0.2, 0.25) is 0 Å². The highest BCUT2D eigenvalue weighted by atomic mass is 32.1. The number of ether oxygens (including phenoxy) is 1. The second-order valence-electron chi connectivity index (χ2n) is 2.84. The number of nitrogens with one attached hydrogen (secondary N) is 1. The van der Waals surface area contributed by atoms with Crippen LogP contribution >= 0.6 is 11.3 Å². The van der Waals surface area contributed by atoms with Gasteiger partial charge in [-0.3, -0.25) is 0 Å². The lowest BCUT2D eigenvalue weighted by Crippen LogP contribution is -2.23. The molecular weight excluding hydrogens is 226 g/mol. The van der Waals surface area contributed by atoms with Gasteiger partial charge in [0.05, 0.1) is 13.2 Å². The van der Waals surface area contributed by atoms with Gasteiger partial charge in [-0.2, -0.15) is 0 Å². The molecule has 0 fully saturated rings. The standard InChI is InChI=1S/C11H13NO3S/c1-2-15-11(14)12-7-10-6-9(8-16-10)4-3-5-13/h6,8,13H,2,5,7H2,1H3,(H,12,14). The molecule has 86 valence electrons. The molecule has 1 aromatic heterocycles. The number of carbonyl (C=O) groups excluding carboxylic acids is 1. The molecule has 0 saturated carbocycles. The van der Waals surface area contributed by atoms with Crippen molar-refractivity contribution in [1.29, 1.82) is 0 Å². The minimum absolute atomic E-state index is 0.147. The maximum Gasteiger partial charge on any atom is 0.407 e. The summed E-state index contributed by atoms with van der Waals surface area (Å²) in [5.41, 5.74) is 0.847. The van der Waals surface area contributed by atoms with E-state index in [9.17, 15) is 4.79 Å². The fourth-order valence-corrected chi connectivity index (χ4v) is 1.78. The van der Waals surface area contributed by atoms with E-state index >= 15 is 0 Å². The van der Waals surface area contributed by atoms with Crippen LogP contribution in [-0.4, -0.2) is 24.4 Å². The molecule has 1 rings (SSSR count). The zero-order chi connectivity index (χ0) is 11.8. The van der Waals surface area contributed by atoms with E-state index in [0.29, 0.717) is 13.2 Å². The van der Waals surface area contributed by atoms with E-state index in [1.165, 1.54) is 11.3 Å². The minimum atomic E-state index is -0.418. The van der Waals surface area contributed by atoms with Crippen molar-refractivity contribution in [2.45, 2.75) is 13.5 Å². The predicted molar refractivity (Wildman–Crippen MR) is 62.1 cm³/mol. The average Bonchev–Trinajstić information content (AvgIpc) is 2.72. The first-order valence-corrected chi connectivity index (χ1v) is 5.72. The molecule has 0 aromatic carbocycles. The smallest absolute Gasteiger partial charge is 0.407 e. The Morgan fingerprint density at radius 3 is 3.19 bits per heavy atom. The summed E-state index contributed by atoms with van der Waals surface area (Å²) in [6.07, 6.45) is -0.418. The van der Waals surface area contributed by atoms with E-state index in [-0.39, 0.29) is 6.61 Å². The number of amides is 1. The number of alkyl carbamates (subject to hydrolysis) is 1. The highest BCUT2D eigenvalue weighted by Gasteiger charge is 2.02. The molecule has 0 spiro atoms. The van der Waals surface area contributed by atoms with Crippen LogP contribution in [0.3, 0.4) is 0 Å². The first-order valence-electron chi connectivity index (χ1n) is 4.84. The van der Waals surface area contributed by atoms with Crippen LogP contribution in [0.1, 0.15) is 17.4 Å². The third-order valence-electron chi connectivity index (χ3n) is 1.65. The van der Waals surface area contributed by atoms with Crippen molar-refractivity contribution >= 4 is 17.4 Å². The summed E-state index contributed by atoms with van der Waals surface area (Å²) in [4.78, 5) is 12.0. The molecule has 0 radical (unpaired) electrons. The second kappa shape index (κ2) is 6.88. The predicted octanol–water partition coefficient (Wildman–Crippen LogP) is 1.34. The fraction of sp³-hybridized carbons (Fsp3) is 0.364. The van der Waals surface area contributed by atoms with Gasteiger partial charge in [0.25, 0.3) is 0 Å². The van der Waals surface area contributed by atoms with Gasteiger partial charge in [-0.05, 0) is 13.0 Å². The lowest BCUT2D eigenvalue weighted by Gasteiger charge is -2.02. The molecule has 1 amide bonds. The van der Waals surface area contributed by atoms with Gasteiger partial charge in [-0.25, -0.2) is 4.79 Å². The van der Waals surface area contributed by atoms with Crippen LogP contribution in [0, 0.1) is 11.8 Å². The molecule has 16 heavy (non-hydrogen) atoms. The number of aliphatic hydroxyl groups excluding tert-OH is 1. The molecule has 0 atom stereocenters. The van der Waals surface area contributed by atoms with E-state index in [1.54, 1.807) is 6.92 Å². The monoisotopic (exact) mass is 239 g/mol. The van der Waals surface area contributed by atoms with Crippen LogP contribution in [0.4, 0.5) is 4.79 Å². The van der Waals surface area contributed by atoms with Crippen molar-refractivity contribution < 1.29 is 14.6 Å². The fourth-order valence-electron chi connectivity index (χ4n) is 1.02. The molecule has 0 unspecified atom stereocenters. The highest BCUT2D eigenvalue weighted by molar-refractivity contribution is 7.10. The average molecular weight is 239 g/mol. The van der Waals surface area contributed by atoms with E-state index in [1.807, 2.05) is 11.4 Å². The molecule has 0 aliphatic carbocycles. The minimum Gasteiger partial charge on any atom is -0.450 e. The Labute approximate surface area is 98.2 Å². The highest BCUT2D eigenvalue weighted by Crippen LogP contribution is 2.13. The summed E-state index contributed by atoms with van der Waals surface area (Å²) >= 11 is 1.51. The third-order valence-corrected chi connectivity index (χ3v) is 2.58. The zero-order valence-electron chi connectivity index (χ0n) is 8.95. The van der Waals surface area contributed by atoms with Gasteiger partial charge in [0.2, 0.25) is 0 Å². The topological polar surface area (TPSA) is 58.6 Å². The quantitative estimate of drug-likeness (QED) is 0.782. The van der Waals surface area contributed by atoms with Gasteiger partial charge in [-0.15, -0.1) is 11.3 Å². The summed E-state index contributed by atoms with van der Waals surface area (Å²) in [5, 5.41) is 13.0. The molecule has 0 aliphatic heterocycles. The van der Waals surface area contributed by atoms with E-state index in [4.69, 9.17) is 9.84 Å². The van der Waals surface area contributed by atoms with Crippen molar-refractivity contribution in [3.8, 4) is 11.8 Å². The molecule has 4 nitrogen and oxygen atoms in total. The summed E-state index contributed by atoms with van der Waals surface area (Å²) in [6.45, 7) is 2.41. The van der Waals surface area contributed by atoms with E-state index in [0.717, 1.165) is 10.4 Å². The maximum atomic E-state index is 11.0. The van der Waals surface area contributed by atoms with Crippen LogP contribution in [-0.2, 0) is 11.3 Å². The zero-order valence-corrected chi connectivity index (χ0v) is 9.76. The third kappa shape index (κ3) is 4.34. The van der Waals surface area contributed by atoms with Crippen LogP contribution < -0.4 is 5.32 Å². The molecule has 2 N–H and O–H groups in total. The van der Waals surface area contributed by atoms with Gasteiger partial charge >= 0.3 is 6.09 Å².